The Hall–Kier alpha value is -3.32. The van der Waals surface area contributed by atoms with Crippen LogP contribution in [0.25, 0.3) is 11.1 Å². The van der Waals surface area contributed by atoms with Gasteiger partial charge in [0.15, 0.2) is 0 Å². The van der Waals surface area contributed by atoms with Crippen molar-refractivity contribution in [2.75, 3.05) is 4.90 Å². The lowest BCUT2D eigenvalue weighted by Gasteiger charge is -2.27. The number of benzene rings is 4. The molecule has 1 heteroatoms. The van der Waals surface area contributed by atoms with Gasteiger partial charge in [-0.2, -0.15) is 0 Å². The van der Waals surface area contributed by atoms with Crippen molar-refractivity contribution in [1.82, 2.24) is 0 Å². The van der Waals surface area contributed by atoms with Gasteiger partial charge < -0.3 is 4.90 Å². The van der Waals surface area contributed by atoms with E-state index in [9.17, 15) is 0 Å². The first-order valence-corrected chi connectivity index (χ1v) is 21.9. The van der Waals surface area contributed by atoms with Crippen LogP contribution in [-0.4, -0.2) is 0 Å². The van der Waals surface area contributed by atoms with Gasteiger partial charge in [-0.15, -0.1) is 0 Å². The summed E-state index contributed by atoms with van der Waals surface area (Å²) in [7, 11) is 0. The Morgan fingerprint density at radius 1 is 0.491 bits per heavy atom. The van der Waals surface area contributed by atoms with Crippen LogP contribution in [0.15, 0.2) is 84.9 Å². The molecule has 292 valence electrons. The topological polar surface area (TPSA) is 3.24 Å². The third kappa shape index (κ3) is 15.1. The number of unbranched alkanes of at least 4 members (excludes halogenated alkanes) is 6. The average molecular weight is 718 g/mol. The lowest BCUT2D eigenvalue weighted by atomic mass is 9.85. The summed E-state index contributed by atoms with van der Waals surface area (Å²) in [6.45, 7) is 24.8. The predicted molar refractivity (Wildman–Crippen MR) is 241 cm³/mol. The Labute approximate surface area is 329 Å². The average Bonchev–Trinajstić information content (AvgIpc) is 3.17. The molecule has 0 saturated heterocycles. The van der Waals surface area contributed by atoms with Gasteiger partial charge in [0, 0.05) is 17.1 Å². The molecule has 0 N–H and O–H groups in total. The molecule has 4 rings (SSSR count). The van der Waals surface area contributed by atoms with Gasteiger partial charge in [-0.25, -0.2) is 0 Å². The lowest BCUT2D eigenvalue weighted by molar-refractivity contribution is 0.542. The molecule has 0 heterocycles. The van der Waals surface area contributed by atoms with Gasteiger partial charge in [-0.1, -0.05) is 175 Å². The molecular formula is C52H79N. The standard InChI is InChI=1S/C45H61N.C4H10.C3H8/c1-8-12-14-16-19-38(11-4)41-32-35(6)45(36(7)33-41)40-24-30-44(31-25-40)46(42-26-20-37(21-27-42)18-15-13-9-2)43-28-22-39(23-29-43)34(5)17-10-3;1-3-4-2;1-3-2/h20-34,38H,8-19H2,1-7H3;3-4H2,1-2H3;3H2,1-2H3. The van der Waals surface area contributed by atoms with Gasteiger partial charge in [-0.05, 0) is 133 Å². The van der Waals surface area contributed by atoms with Crippen molar-refractivity contribution in [3.63, 3.8) is 0 Å². The smallest absolute Gasteiger partial charge is 0.0462 e. The Kier molecular flexibility index (Phi) is 22.9. The van der Waals surface area contributed by atoms with Crippen molar-refractivity contribution in [2.45, 2.75) is 184 Å². The number of hydrogen-bond donors (Lipinski definition) is 0. The maximum Gasteiger partial charge on any atom is 0.0462 e. The second-order valence-corrected chi connectivity index (χ2v) is 15.5. The van der Waals surface area contributed by atoms with Crippen molar-refractivity contribution in [3.05, 3.63) is 113 Å². The zero-order valence-electron chi connectivity index (χ0n) is 36.3. The second kappa shape index (κ2) is 26.5. The van der Waals surface area contributed by atoms with Crippen molar-refractivity contribution in [2.24, 2.45) is 0 Å². The summed E-state index contributed by atoms with van der Waals surface area (Å²) in [5.74, 6) is 1.24. The molecule has 1 nitrogen and oxygen atoms in total. The van der Waals surface area contributed by atoms with E-state index in [1.54, 1.807) is 0 Å². The number of rotatable bonds is 19. The maximum absolute atomic E-state index is 2.47. The SMILES string of the molecule is CCC.CCCC.CCCCCCC(CC)c1cc(C)c(-c2ccc(N(c3ccc(CCCCC)cc3)c3ccc(C(C)CCC)cc3)cc2)c(C)c1. The van der Waals surface area contributed by atoms with Crippen LogP contribution in [0, 0.1) is 13.8 Å². The molecule has 0 aliphatic heterocycles. The third-order valence-electron chi connectivity index (χ3n) is 10.5. The first-order chi connectivity index (χ1) is 25.7. The molecule has 0 aliphatic rings. The lowest BCUT2D eigenvalue weighted by Crippen LogP contribution is -2.10. The number of hydrogen-bond acceptors (Lipinski definition) is 1. The van der Waals surface area contributed by atoms with E-state index in [-0.39, 0.29) is 0 Å². The van der Waals surface area contributed by atoms with Crippen LogP contribution < -0.4 is 4.90 Å². The number of aryl methyl sites for hydroxylation is 3. The van der Waals surface area contributed by atoms with Crippen LogP contribution in [-0.2, 0) is 6.42 Å². The van der Waals surface area contributed by atoms with Crippen LogP contribution >= 0.6 is 0 Å². The Bertz CT molecular complexity index is 1470. The molecule has 2 unspecified atom stereocenters. The van der Waals surface area contributed by atoms with Gasteiger partial charge >= 0.3 is 0 Å². The molecule has 0 aliphatic carbocycles. The monoisotopic (exact) mass is 718 g/mol. The first-order valence-electron chi connectivity index (χ1n) is 21.9. The fourth-order valence-corrected chi connectivity index (χ4v) is 7.28. The van der Waals surface area contributed by atoms with E-state index in [4.69, 9.17) is 0 Å². The molecule has 0 aromatic heterocycles. The minimum Gasteiger partial charge on any atom is -0.311 e. The zero-order valence-corrected chi connectivity index (χ0v) is 36.3. The van der Waals surface area contributed by atoms with Crippen molar-refractivity contribution in [1.29, 1.82) is 0 Å². The Morgan fingerprint density at radius 2 is 0.981 bits per heavy atom. The maximum atomic E-state index is 2.47. The van der Waals surface area contributed by atoms with Crippen molar-refractivity contribution < 1.29 is 0 Å². The molecule has 0 fully saturated rings. The summed E-state index contributed by atoms with van der Waals surface area (Å²) < 4.78 is 0. The summed E-state index contributed by atoms with van der Waals surface area (Å²) in [6.07, 6.45) is 19.2. The fourth-order valence-electron chi connectivity index (χ4n) is 7.28. The largest absolute Gasteiger partial charge is 0.311 e. The van der Waals surface area contributed by atoms with Gasteiger partial charge in [-0.3, -0.25) is 0 Å². The van der Waals surface area contributed by atoms with E-state index in [0.29, 0.717) is 11.8 Å². The van der Waals surface area contributed by atoms with Crippen LogP contribution in [0.2, 0.25) is 0 Å². The summed E-state index contributed by atoms with van der Waals surface area (Å²) in [6, 6.07) is 32.8. The number of anilines is 3. The summed E-state index contributed by atoms with van der Waals surface area (Å²) >= 11 is 0. The van der Waals surface area contributed by atoms with Crippen LogP contribution in [0.4, 0.5) is 17.1 Å². The molecule has 0 radical (unpaired) electrons. The molecule has 0 amide bonds. The fraction of sp³-hybridized carbons (Fsp3) is 0.538. The highest BCUT2D eigenvalue weighted by molar-refractivity contribution is 5.79. The quantitative estimate of drug-likeness (QED) is 0.0873. The highest BCUT2D eigenvalue weighted by Crippen LogP contribution is 2.39. The van der Waals surface area contributed by atoms with E-state index < -0.39 is 0 Å². The Balaban J connectivity index is 0.00000128. The third-order valence-corrected chi connectivity index (χ3v) is 10.5. The van der Waals surface area contributed by atoms with Crippen molar-refractivity contribution >= 4 is 17.1 Å². The van der Waals surface area contributed by atoms with Crippen LogP contribution in [0.5, 0.6) is 0 Å². The molecule has 4 aromatic carbocycles. The highest BCUT2D eigenvalue weighted by atomic mass is 15.1. The van der Waals surface area contributed by atoms with Crippen LogP contribution in [0.1, 0.15) is 192 Å². The molecule has 0 spiro atoms. The van der Waals surface area contributed by atoms with Gasteiger partial charge in [0.25, 0.3) is 0 Å². The van der Waals surface area contributed by atoms with E-state index in [1.165, 1.54) is 146 Å². The van der Waals surface area contributed by atoms with Crippen LogP contribution in [0.3, 0.4) is 0 Å². The predicted octanol–water partition coefficient (Wildman–Crippen LogP) is 17.8. The minimum absolute atomic E-state index is 0.584. The molecule has 2 atom stereocenters. The first kappa shape index (κ1) is 45.8. The van der Waals surface area contributed by atoms with E-state index in [1.807, 2.05) is 0 Å². The molecule has 0 bridgehead atoms. The Morgan fingerprint density at radius 3 is 1.45 bits per heavy atom. The van der Waals surface area contributed by atoms with E-state index in [2.05, 4.69) is 166 Å². The molecule has 0 saturated carbocycles. The highest BCUT2D eigenvalue weighted by Gasteiger charge is 2.17. The molecule has 53 heavy (non-hydrogen) atoms. The second-order valence-electron chi connectivity index (χ2n) is 15.5. The van der Waals surface area contributed by atoms with Gasteiger partial charge in [0.1, 0.15) is 0 Å². The van der Waals surface area contributed by atoms with E-state index >= 15 is 0 Å². The summed E-state index contributed by atoms with van der Waals surface area (Å²) in [5, 5.41) is 0. The van der Waals surface area contributed by atoms with Crippen molar-refractivity contribution in [3.8, 4) is 11.1 Å². The minimum atomic E-state index is 0.584. The summed E-state index contributed by atoms with van der Waals surface area (Å²) in [5.41, 5.74) is 13.5. The van der Waals surface area contributed by atoms with Gasteiger partial charge in [0.05, 0.1) is 0 Å². The normalized spacial score (nSPS) is 11.9. The number of nitrogens with zero attached hydrogens (tertiary/aromatic N) is 1. The zero-order chi connectivity index (χ0) is 39.0. The summed E-state index contributed by atoms with van der Waals surface area (Å²) in [4.78, 5) is 2.42. The van der Waals surface area contributed by atoms with E-state index in [0.717, 1.165) is 6.42 Å². The van der Waals surface area contributed by atoms with Gasteiger partial charge in [0.2, 0.25) is 0 Å². The molecule has 4 aromatic rings. The molecular weight excluding hydrogens is 639 g/mol.